The maximum absolute atomic E-state index is 14.1. The van der Waals surface area contributed by atoms with E-state index in [1.54, 1.807) is 0 Å². The van der Waals surface area contributed by atoms with Crippen molar-refractivity contribution in [2.75, 3.05) is 0 Å². The van der Waals surface area contributed by atoms with Crippen LogP contribution in [-0.4, -0.2) is 0 Å². The molecule has 0 aliphatic carbocycles. The predicted molar refractivity (Wildman–Crippen MR) is 121 cm³/mol. The van der Waals surface area contributed by atoms with E-state index in [1.165, 1.54) is 12.1 Å². The van der Waals surface area contributed by atoms with Crippen molar-refractivity contribution < 1.29 is 8.78 Å². The summed E-state index contributed by atoms with van der Waals surface area (Å²) in [6.07, 6.45) is 0.305. The predicted octanol–water partition coefficient (Wildman–Crippen LogP) is 6.15. The van der Waals surface area contributed by atoms with Gasteiger partial charge in [0.1, 0.15) is 0 Å². The van der Waals surface area contributed by atoms with Gasteiger partial charge in [-0.1, -0.05) is 0 Å². The zero-order chi connectivity index (χ0) is 20.3. The van der Waals surface area contributed by atoms with Crippen LogP contribution in [0, 0.1) is 11.6 Å². The topological polar surface area (TPSA) is 0 Å². The van der Waals surface area contributed by atoms with Crippen LogP contribution in [-0.2, 0) is 6.16 Å². The van der Waals surface area contributed by atoms with E-state index in [0.29, 0.717) is 11.7 Å². The molecule has 4 heteroatoms. The molecular formula is C25H20ClF2P. The first-order chi connectivity index (χ1) is 14.0. The third-order valence-electron chi connectivity index (χ3n) is 5.29. The van der Waals surface area contributed by atoms with Crippen molar-refractivity contribution >= 4 is 33.1 Å². The van der Waals surface area contributed by atoms with Crippen molar-refractivity contribution in [2.24, 2.45) is 0 Å². The van der Waals surface area contributed by atoms with Crippen molar-refractivity contribution in [3.8, 4) is 0 Å². The van der Waals surface area contributed by atoms with Crippen LogP contribution in [0.3, 0.4) is 0 Å². The van der Waals surface area contributed by atoms with Crippen LogP contribution >= 0.6 is 17.2 Å². The summed E-state index contributed by atoms with van der Waals surface area (Å²) in [5.41, 5.74) is 0.534. The summed E-state index contributed by atoms with van der Waals surface area (Å²) < 4.78 is 28.1. The van der Waals surface area contributed by atoms with Crippen molar-refractivity contribution in [2.45, 2.75) is 6.16 Å². The summed E-state index contributed by atoms with van der Waals surface area (Å²) in [6, 6.07) is 33.3. The zero-order valence-electron chi connectivity index (χ0n) is 15.7. The molecule has 29 heavy (non-hydrogen) atoms. The fraction of sp³-hybridized carbons (Fsp3) is 0.0400. The van der Waals surface area contributed by atoms with E-state index in [1.807, 2.05) is 91.0 Å². The van der Waals surface area contributed by atoms with Gasteiger partial charge in [0.2, 0.25) is 0 Å². The SMILES string of the molecule is Fc1cc(F)cc(CP(Cl)(c2ccccc2)(c2ccccc2)c2ccccc2)c1. The van der Waals surface area contributed by atoms with Gasteiger partial charge in [0.15, 0.2) is 0 Å². The van der Waals surface area contributed by atoms with Gasteiger partial charge in [-0.05, 0) is 0 Å². The quantitative estimate of drug-likeness (QED) is 0.337. The fourth-order valence-electron chi connectivity index (χ4n) is 3.98. The van der Waals surface area contributed by atoms with Crippen LogP contribution in [0.1, 0.15) is 5.56 Å². The van der Waals surface area contributed by atoms with Gasteiger partial charge < -0.3 is 0 Å². The third-order valence-corrected chi connectivity index (χ3v) is 12.5. The average molecular weight is 425 g/mol. The molecule has 4 aromatic carbocycles. The standard InChI is InChI=1S/C25H20ClF2P/c26-29(23-10-4-1-5-11-23,24-12-6-2-7-13-24,25-14-8-3-9-15-25)19-20-16-21(27)18-22(28)17-20/h1-18H,19H2. The van der Waals surface area contributed by atoms with E-state index < -0.39 is 17.6 Å². The maximum atomic E-state index is 14.1. The van der Waals surface area contributed by atoms with Crippen LogP contribution in [0.5, 0.6) is 0 Å². The van der Waals surface area contributed by atoms with E-state index in [9.17, 15) is 8.78 Å². The van der Waals surface area contributed by atoms with Crippen LogP contribution in [0.4, 0.5) is 8.78 Å². The fourth-order valence-corrected chi connectivity index (χ4v) is 10.1. The molecule has 0 saturated carbocycles. The molecule has 0 aliphatic heterocycles. The van der Waals surface area contributed by atoms with Gasteiger partial charge in [0.25, 0.3) is 0 Å². The van der Waals surface area contributed by atoms with Crippen LogP contribution < -0.4 is 15.9 Å². The molecule has 0 nitrogen and oxygen atoms in total. The molecule has 0 spiro atoms. The number of hydrogen-bond donors (Lipinski definition) is 0. The van der Waals surface area contributed by atoms with E-state index in [4.69, 9.17) is 11.2 Å². The van der Waals surface area contributed by atoms with E-state index >= 15 is 0 Å². The molecule has 0 fully saturated rings. The Morgan fingerprint density at radius 1 is 0.552 bits per heavy atom. The summed E-state index contributed by atoms with van der Waals surface area (Å²) in [5.74, 6) is -4.79. The third kappa shape index (κ3) is 3.48. The second-order valence-electron chi connectivity index (χ2n) is 7.13. The zero-order valence-corrected chi connectivity index (χ0v) is 17.3. The van der Waals surface area contributed by atoms with Gasteiger partial charge in [-0.25, -0.2) is 0 Å². The Balaban J connectivity index is 2.09. The van der Waals surface area contributed by atoms with Crippen molar-refractivity contribution in [1.82, 2.24) is 0 Å². The Morgan fingerprint density at radius 3 is 1.24 bits per heavy atom. The minimum atomic E-state index is -3.59. The second-order valence-corrected chi connectivity index (χ2v) is 13.6. The minimum absolute atomic E-state index is 0.305. The van der Waals surface area contributed by atoms with Gasteiger partial charge in [0, 0.05) is 0 Å². The molecule has 0 atom stereocenters. The number of rotatable bonds is 5. The molecule has 0 saturated heterocycles. The average Bonchev–Trinajstić information content (AvgIpc) is 2.75. The van der Waals surface area contributed by atoms with Gasteiger partial charge in [-0.3, -0.25) is 0 Å². The van der Waals surface area contributed by atoms with Crippen molar-refractivity contribution in [3.63, 3.8) is 0 Å². The molecular weight excluding hydrogens is 405 g/mol. The number of benzene rings is 4. The Bertz CT molecular complexity index is 996. The molecule has 0 amide bonds. The molecule has 0 heterocycles. The van der Waals surface area contributed by atoms with Crippen LogP contribution in [0.2, 0.25) is 0 Å². The van der Waals surface area contributed by atoms with Crippen LogP contribution in [0.25, 0.3) is 0 Å². The Morgan fingerprint density at radius 2 is 0.897 bits per heavy atom. The molecule has 4 rings (SSSR count). The molecule has 0 bridgehead atoms. The van der Waals surface area contributed by atoms with Gasteiger partial charge in [-0.15, -0.1) is 0 Å². The molecule has 0 aromatic heterocycles. The van der Waals surface area contributed by atoms with Crippen LogP contribution in [0.15, 0.2) is 109 Å². The van der Waals surface area contributed by atoms with Crippen molar-refractivity contribution in [3.05, 3.63) is 126 Å². The van der Waals surface area contributed by atoms with E-state index in [0.717, 1.165) is 22.0 Å². The monoisotopic (exact) mass is 424 g/mol. The Kier molecular flexibility index (Phi) is 5.25. The molecule has 4 aromatic rings. The normalized spacial score (nSPS) is 12.9. The van der Waals surface area contributed by atoms with Gasteiger partial charge >= 0.3 is 174 Å². The first kappa shape index (κ1) is 19.8. The summed E-state index contributed by atoms with van der Waals surface area (Å²) in [5, 5.41) is 2.88. The summed E-state index contributed by atoms with van der Waals surface area (Å²) >= 11 is 7.90. The summed E-state index contributed by atoms with van der Waals surface area (Å²) in [4.78, 5) is 0. The molecule has 146 valence electrons. The number of halogens is 3. The number of hydrogen-bond acceptors (Lipinski definition) is 0. The van der Waals surface area contributed by atoms with Gasteiger partial charge in [0.05, 0.1) is 0 Å². The Hall–Kier alpha value is -2.54. The van der Waals surface area contributed by atoms with E-state index in [2.05, 4.69) is 0 Å². The van der Waals surface area contributed by atoms with Crippen molar-refractivity contribution in [1.29, 1.82) is 0 Å². The molecule has 0 unspecified atom stereocenters. The molecule has 0 radical (unpaired) electrons. The molecule has 0 aliphatic rings. The summed E-state index contributed by atoms with van der Waals surface area (Å²) in [6.45, 7) is 0. The van der Waals surface area contributed by atoms with Gasteiger partial charge in [-0.2, -0.15) is 0 Å². The first-order valence-corrected chi connectivity index (χ1v) is 12.7. The summed E-state index contributed by atoms with van der Waals surface area (Å²) in [7, 11) is 0. The second kappa shape index (κ2) is 7.71. The molecule has 0 N–H and O–H groups in total. The Labute approximate surface area is 174 Å². The first-order valence-electron chi connectivity index (χ1n) is 9.35. The van der Waals surface area contributed by atoms with E-state index in [-0.39, 0.29) is 0 Å².